The zero-order valence-corrected chi connectivity index (χ0v) is 22.4. The van der Waals surface area contributed by atoms with Crippen molar-refractivity contribution in [3.63, 3.8) is 0 Å². The van der Waals surface area contributed by atoms with Crippen LogP contribution in [0.15, 0.2) is 101 Å². The van der Waals surface area contributed by atoms with E-state index >= 15 is 0 Å². The highest BCUT2D eigenvalue weighted by Crippen LogP contribution is 2.41. The van der Waals surface area contributed by atoms with Crippen molar-refractivity contribution >= 4 is 50.1 Å². The van der Waals surface area contributed by atoms with Gasteiger partial charge in [0.05, 0.1) is 23.0 Å². The molecule has 0 saturated carbocycles. The van der Waals surface area contributed by atoms with Crippen molar-refractivity contribution in [1.29, 1.82) is 0 Å². The molecule has 7 rings (SSSR count). The van der Waals surface area contributed by atoms with Gasteiger partial charge in [-0.05, 0) is 53.6 Å². The molecule has 8 heteroatoms. The Morgan fingerprint density at radius 2 is 1.63 bits per heavy atom. The van der Waals surface area contributed by atoms with Gasteiger partial charge in [-0.25, -0.2) is 15.0 Å². The lowest BCUT2D eigenvalue weighted by molar-refractivity contribution is 0.174. The van der Waals surface area contributed by atoms with Crippen molar-refractivity contribution in [2.24, 2.45) is 5.10 Å². The fraction of sp³-hybridized carbons (Fsp3) is 0.100. The van der Waals surface area contributed by atoms with Crippen LogP contribution in [0, 0.1) is 0 Å². The Kier molecular flexibility index (Phi) is 5.75. The van der Waals surface area contributed by atoms with Crippen molar-refractivity contribution in [3.8, 4) is 22.8 Å². The Morgan fingerprint density at radius 1 is 0.816 bits per heavy atom. The van der Waals surface area contributed by atoms with Crippen LogP contribution in [-0.2, 0) is 0 Å². The van der Waals surface area contributed by atoms with E-state index in [1.807, 2.05) is 77.8 Å². The number of nitrogens with zero attached hydrogens (tertiary/aromatic N) is 4. The maximum absolute atomic E-state index is 6.38. The van der Waals surface area contributed by atoms with Crippen LogP contribution >= 0.6 is 27.5 Å². The Labute approximate surface area is 232 Å². The maximum atomic E-state index is 6.38. The van der Waals surface area contributed by atoms with Crippen molar-refractivity contribution < 1.29 is 9.47 Å². The summed E-state index contributed by atoms with van der Waals surface area (Å²) in [5.41, 5.74) is 5.66. The molecule has 0 aliphatic carbocycles. The number of aromatic nitrogens is 2. The summed E-state index contributed by atoms with van der Waals surface area (Å²) in [6.45, 7) is 0.227. The summed E-state index contributed by atoms with van der Waals surface area (Å²) in [4.78, 5) is 10.0. The number of ether oxygens (including phenoxy) is 2. The number of anilines is 1. The number of fused-ring (bicyclic) bond motifs is 2. The Hall–Kier alpha value is -3.94. The lowest BCUT2D eigenvalue weighted by atomic mass is 9.98. The van der Waals surface area contributed by atoms with Gasteiger partial charge in [0.1, 0.15) is 0 Å². The number of rotatable bonds is 4. The number of hydrogen-bond donors (Lipinski definition) is 0. The fourth-order valence-electron chi connectivity index (χ4n) is 4.90. The number of hydrazone groups is 1. The van der Waals surface area contributed by atoms with E-state index in [-0.39, 0.29) is 12.8 Å². The molecule has 0 N–H and O–H groups in total. The minimum absolute atomic E-state index is 0.128. The Morgan fingerprint density at radius 3 is 2.47 bits per heavy atom. The molecule has 2 aliphatic heterocycles. The van der Waals surface area contributed by atoms with E-state index < -0.39 is 0 Å². The fourth-order valence-corrected chi connectivity index (χ4v) is 5.33. The van der Waals surface area contributed by atoms with Crippen LogP contribution in [0.25, 0.3) is 22.2 Å². The minimum atomic E-state index is -0.128. The second-order valence-electron chi connectivity index (χ2n) is 9.13. The van der Waals surface area contributed by atoms with Crippen LogP contribution in [0.3, 0.4) is 0 Å². The topological polar surface area (TPSA) is 59.8 Å². The molecule has 4 aromatic carbocycles. The molecule has 0 saturated heterocycles. The highest BCUT2D eigenvalue weighted by Gasteiger charge is 2.33. The molecule has 0 amide bonds. The van der Waals surface area contributed by atoms with Gasteiger partial charge in [-0.15, -0.1) is 0 Å². The molecule has 0 radical (unpaired) electrons. The van der Waals surface area contributed by atoms with Crippen molar-refractivity contribution in [2.75, 3.05) is 11.8 Å². The SMILES string of the molecule is Clc1ccc2nc(N3N=C(c4ccc(Br)cc4)C[C@@H]3c3ccc4c(c3)OCO4)nc(-c3ccccc3)c2c1. The van der Waals surface area contributed by atoms with Crippen molar-refractivity contribution in [2.45, 2.75) is 12.5 Å². The second-order valence-corrected chi connectivity index (χ2v) is 10.5. The normalized spacial score (nSPS) is 16.2. The first-order valence-corrected chi connectivity index (χ1v) is 13.3. The van der Waals surface area contributed by atoms with Crippen LogP contribution in [0.4, 0.5) is 5.95 Å². The van der Waals surface area contributed by atoms with Crippen LogP contribution in [-0.4, -0.2) is 22.5 Å². The zero-order chi connectivity index (χ0) is 25.6. The summed E-state index contributed by atoms with van der Waals surface area (Å²) in [6.07, 6.45) is 0.684. The lowest BCUT2D eigenvalue weighted by Crippen LogP contribution is -2.21. The van der Waals surface area contributed by atoms with Crippen LogP contribution in [0.5, 0.6) is 11.5 Å². The quantitative estimate of drug-likeness (QED) is 0.216. The van der Waals surface area contributed by atoms with Gasteiger partial charge in [-0.2, -0.15) is 5.10 Å². The van der Waals surface area contributed by atoms with Gasteiger partial charge >= 0.3 is 0 Å². The molecule has 186 valence electrons. The molecular formula is C30H20BrClN4O2. The predicted molar refractivity (Wildman–Crippen MR) is 153 cm³/mol. The third-order valence-corrected chi connectivity index (χ3v) is 7.53. The van der Waals surface area contributed by atoms with E-state index in [2.05, 4.69) is 34.1 Å². The Bertz CT molecular complexity index is 1710. The van der Waals surface area contributed by atoms with Gasteiger partial charge in [0, 0.05) is 26.9 Å². The van der Waals surface area contributed by atoms with Gasteiger partial charge in [0.15, 0.2) is 11.5 Å². The van der Waals surface area contributed by atoms with Crippen LogP contribution in [0.2, 0.25) is 5.02 Å². The minimum Gasteiger partial charge on any atom is -0.454 e. The molecule has 5 aromatic rings. The van der Waals surface area contributed by atoms with E-state index in [0.717, 1.165) is 55.0 Å². The third-order valence-electron chi connectivity index (χ3n) is 6.77. The van der Waals surface area contributed by atoms with Gasteiger partial charge in [0.25, 0.3) is 0 Å². The van der Waals surface area contributed by atoms with E-state index in [0.29, 0.717) is 17.4 Å². The molecule has 0 fully saturated rings. The zero-order valence-electron chi connectivity index (χ0n) is 20.0. The van der Waals surface area contributed by atoms with E-state index in [9.17, 15) is 0 Å². The van der Waals surface area contributed by atoms with E-state index in [1.54, 1.807) is 0 Å². The third kappa shape index (κ3) is 4.18. The monoisotopic (exact) mass is 582 g/mol. The lowest BCUT2D eigenvalue weighted by Gasteiger charge is -2.23. The predicted octanol–water partition coefficient (Wildman–Crippen LogP) is 7.80. The average Bonchev–Trinajstić information content (AvgIpc) is 3.61. The van der Waals surface area contributed by atoms with Gasteiger partial charge in [-0.3, -0.25) is 0 Å². The van der Waals surface area contributed by atoms with E-state index in [1.165, 1.54) is 0 Å². The first-order chi connectivity index (χ1) is 18.6. The highest BCUT2D eigenvalue weighted by atomic mass is 79.9. The van der Waals surface area contributed by atoms with Gasteiger partial charge in [0.2, 0.25) is 12.7 Å². The molecule has 2 aliphatic rings. The molecule has 0 bridgehead atoms. The van der Waals surface area contributed by atoms with Gasteiger partial charge < -0.3 is 9.47 Å². The molecule has 1 atom stereocenters. The summed E-state index contributed by atoms with van der Waals surface area (Å²) in [7, 11) is 0. The first kappa shape index (κ1) is 23.2. The average molecular weight is 584 g/mol. The van der Waals surface area contributed by atoms with Gasteiger partial charge in [-0.1, -0.05) is 76.1 Å². The molecule has 0 spiro atoms. The summed E-state index contributed by atoms with van der Waals surface area (Å²) < 4.78 is 12.3. The number of halogens is 2. The summed E-state index contributed by atoms with van der Waals surface area (Å²) in [5.74, 6) is 2.00. The summed E-state index contributed by atoms with van der Waals surface area (Å²) in [5, 5.41) is 8.54. The number of hydrogen-bond acceptors (Lipinski definition) is 6. The smallest absolute Gasteiger partial charge is 0.247 e. The summed E-state index contributed by atoms with van der Waals surface area (Å²) in [6, 6.07) is 29.9. The second kappa shape index (κ2) is 9.42. The van der Waals surface area contributed by atoms with Crippen LogP contribution in [0.1, 0.15) is 23.6 Å². The molecule has 6 nitrogen and oxygen atoms in total. The largest absolute Gasteiger partial charge is 0.454 e. The summed E-state index contributed by atoms with van der Waals surface area (Å²) >= 11 is 9.91. The maximum Gasteiger partial charge on any atom is 0.247 e. The standard InChI is InChI=1S/C30H20BrClN4O2/c31-21-9-6-18(7-10-21)25-16-26(20-8-13-27-28(14-20)38-17-37-27)36(35-25)30-33-24-12-11-22(32)15-23(24)29(34-30)19-4-2-1-3-5-19/h1-15,26H,16-17H2/t26-/m1/s1. The molecule has 38 heavy (non-hydrogen) atoms. The molecular weight excluding hydrogens is 564 g/mol. The van der Waals surface area contributed by atoms with E-state index in [4.69, 9.17) is 36.1 Å². The highest BCUT2D eigenvalue weighted by molar-refractivity contribution is 9.10. The van der Waals surface area contributed by atoms with Crippen LogP contribution < -0.4 is 14.5 Å². The van der Waals surface area contributed by atoms with Crippen molar-refractivity contribution in [1.82, 2.24) is 9.97 Å². The molecule has 3 heterocycles. The molecule has 0 unspecified atom stereocenters. The number of benzene rings is 4. The Balaban J connectivity index is 1.40. The van der Waals surface area contributed by atoms with Crippen molar-refractivity contribution in [3.05, 3.63) is 112 Å². The molecule has 1 aromatic heterocycles. The first-order valence-electron chi connectivity index (χ1n) is 12.2.